The van der Waals surface area contributed by atoms with Crippen molar-refractivity contribution < 1.29 is 22.9 Å². The van der Waals surface area contributed by atoms with Gasteiger partial charge in [-0.25, -0.2) is 21.5 Å². The van der Waals surface area contributed by atoms with E-state index in [1.54, 1.807) is 29.7 Å². The first-order chi connectivity index (χ1) is 14.5. The van der Waals surface area contributed by atoms with Gasteiger partial charge in [-0.15, -0.1) is 0 Å². The number of halogens is 3. The summed E-state index contributed by atoms with van der Waals surface area (Å²) in [7, 11) is -0.761. The summed E-state index contributed by atoms with van der Waals surface area (Å²) in [6.07, 6.45) is 1.34. The van der Waals surface area contributed by atoms with Crippen molar-refractivity contribution in [1.82, 2.24) is 8.87 Å². The molecule has 0 saturated carbocycles. The molecule has 0 aliphatic heterocycles. The molecule has 1 heterocycles. The van der Waals surface area contributed by atoms with Crippen LogP contribution >= 0.6 is 11.6 Å². The van der Waals surface area contributed by atoms with E-state index in [1.165, 1.54) is 32.3 Å². The zero-order chi connectivity index (χ0) is 23.1. The van der Waals surface area contributed by atoms with Crippen LogP contribution in [0, 0.1) is 19.7 Å². The Labute approximate surface area is 185 Å². The maximum Gasteiger partial charge on any atom is 0.242 e. The van der Waals surface area contributed by atoms with Gasteiger partial charge in [0.15, 0.2) is 0 Å². The summed E-state index contributed by atoms with van der Waals surface area (Å²) in [6.45, 7) is 3.71. The topological polar surface area (TPSA) is 70.0 Å². The lowest BCUT2D eigenvalue weighted by Gasteiger charge is -2.14. The minimum atomic E-state index is -3.68. The third-order valence-corrected chi connectivity index (χ3v) is 7.30. The predicted molar refractivity (Wildman–Crippen MR) is 120 cm³/mol. The fourth-order valence-corrected chi connectivity index (χ4v) is 4.81. The number of hydrogen-bond donors (Lipinski definition) is 1. The van der Waals surface area contributed by atoms with Crippen LogP contribution in [0.25, 0.3) is 22.0 Å². The van der Waals surface area contributed by atoms with Crippen LogP contribution < -0.4 is 5.73 Å². The maximum atomic E-state index is 15.0. The zero-order valence-corrected chi connectivity index (χ0v) is 19.4. The first-order valence-electron chi connectivity index (χ1n) is 9.64. The summed E-state index contributed by atoms with van der Waals surface area (Å²) < 4.78 is 57.4. The van der Waals surface area contributed by atoms with E-state index >= 15 is 0 Å². The Bertz CT molecular complexity index is 1300. The molecule has 0 unspecified atom stereocenters. The molecule has 0 fully saturated rings. The highest BCUT2D eigenvalue weighted by Gasteiger charge is 2.24. The largest absolute Gasteiger partial charge is 0.354 e. The average molecular weight is 469 g/mol. The number of sulfonamides is 1. The van der Waals surface area contributed by atoms with Gasteiger partial charge in [0.2, 0.25) is 10.0 Å². The number of aromatic nitrogens is 1. The Morgan fingerprint density at radius 2 is 1.90 bits per heavy atom. The fourth-order valence-electron chi connectivity index (χ4n) is 3.68. The van der Waals surface area contributed by atoms with Gasteiger partial charge in [0.05, 0.1) is 23.5 Å². The Kier molecular flexibility index (Phi) is 6.57. The van der Waals surface area contributed by atoms with Crippen LogP contribution in [0.4, 0.5) is 8.78 Å². The minimum Gasteiger partial charge on any atom is -0.354 e. The van der Waals surface area contributed by atoms with E-state index in [9.17, 15) is 17.2 Å². The minimum absolute atomic E-state index is 0.115. The molecule has 0 aliphatic rings. The third kappa shape index (κ3) is 4.25. The van der Waals surface area contributed by atoms with Crippen molar-refractivity contribution in [2.45, 2.75) is 25.3 Å². The Balaban J connectivity index is 2.39. The summed E-state index contributed by atoms with van der Waals surface area (Å²) in [4.78, 5) is 0.115. The van der Waals surface area contributed by atoms with Crippen molar-refractivity contribution in [1.29, 1.82) is 0 Å². The van der Waals surface area contributed by atoms with Gasteiger partial charge in [0, 0.05) is 41.8 Å². The van der Waals surface area contributed by atoms with Crippen LogP contribution in [0.5, 0.6) is 0 Å². The second kappa shape index (κ2) is 8.70. The molecular formula is C22H25ClF2N3O2S+. The first-order valence-corrected chi connectivity index (χ1v) is 11.5. The first kappa shape index (κ1) is 23.4. The molecule has 0 aliphatic carbocycles. The molecule has 0 amide bonds. The third-order valence-electron chi connectivity index (χ3n) is 5.27. The fraction of sp³-hybridized carbons (Fsp3) is 0.273. The lowest BCUT2D eigenvalue weighted by molar-refractivity contribution is -0.353. The average Bonchev–Trinajstić information content (AvgIpc) is 2.93. The van der Waals surface area contributed by atoms with Crippen molar-refractivity contribution in [3.8, 4) is 11.1 Å². The SMILES string of the molecule is Cc1ccc(S(=O)(=O)N(C)C)cc1-c1c(C)n(C/C(F)=C/C[NH3+])c2c(F)cc(Cl)cc12. The van der Waals surface area contributed by atoms with Crippen LogP contribution in [-0.4, -0.2) is 37.9 Å². The van der Waals surface area contributed by atoms with Crippen LogP contribution in [0.2, 0.25) is 5.02 Å². The van der Waals surface area contributed by atoms with Gasteiger partial charge in [-0.05, 0) is 49.2 Å². The predicted octanol–water partition coefficient (Wildman–Crippen LogP) is 4.06. The lowest BCUT2D eigenvalue weighted by atomic mass is 9.98. The molecule has 0 radical (unpaired) electrons. The summed E-state index contributed by atoms with van der Waals surface area (Å²) in [6, 6.07) is 7.61. The number of benzene rings is 2. The van der Waals surface area contributed by atoms with Crippen molar-refractivity contribution in [3.63, 3.8) is 0 Å². The van der Waals surface area contributed by atoms with Crippen LogP contribution in [0.15, 0.2) is 47.1 Å². The van der Waals surface area contributed by atoms with Gasteiger partial charge in [-0.1, -0.05) is 17.7 Å². The van der Waals surface area contributed by atoms with Crippen molar-refractivity contribution in [2.75, 3.05) is 20.6 Å². The molecule has 2 aromatic carbocycles. The number of allylic oxidation sites excluding steroid dienone is 1. The molecule has 1 aromatic heterocycles. The zero-order valence-electron chi connectivity index (χ0n) is 17.8. The Morgan fingerprint density at radius 1 is 1.23 bits per heavy atom. The summed E-state index contributed by atoms with van der Waals surface area (Å²) in [5.41, 5.74) is 6.47. The van der Waals surface area contributed by atoms with E-state index in [2.05, 4.69) is 5.73 Å². The van der Waals surface area contributed by atoms with E-state index in [-0.39, 0.29) is 28.5 Å². The summed E-state index contributed by atoms with van der Waals surface area (Å²) >= 11 is 6.14. The number of quaternary nitrogens is 1. The molecule has 5 nitrogen and oxygen atoms in total. The molecule has 0 atom stereocenters. The smallest absolute Gasteiger partial charge is 0.242 e. The monoisotopic (exact) mass is 468 g/mol. The molecule has 0 bridgehead atoms. The number of aryl methyl sites for hydroxylation is 1. The summed E-state index contributed by atoms with van der Waals surface area (Å²) in [5.74, 6) is -1.01. The van der Waals surface area contributed by atoms with E-state index in [0.29, 0.717) is 22.2 Å². The quantitative estimate of drug-likeness (QED) is 0.592. The Morgan fingerprint density at radius 3 is 2.52 bits per heavy atom. The molecule has 31 heavy (non-hydrogen) atoms. The van der Waals surface area contributed by atoms with Gasteiger partial charge in [-0.2, -0.15) is 0 Å². The molecule has 0 saturated heterocycles. The van der Waals surface area contributed by atoms with E-state index in [1.807, 2.05) is 6.92 Å². The number of hydrogen-bond acceptors (Lipinski definition) is 2. The molecule has 3 N–H and O–H groups in total. The van der Waals surface area contributed by atoms with Crippen LogP contribution in [-0.2, 0) is 16.6 Å². The van der Waals surface area contributed by atoms with Gasteiger partial charge in [0.1, 0.15) is 11.6 Å². The summed E-state index contributed by atoms with van der Waals surface area (Å²) in [5, 5.41) is 0.694. The molecule has 166 valence electrons. The highest BCUT2D eigenvalue weighted by atomic mass is 35.5. The van der Waals surface area contributed by atoms with Crippen molar-refractivity contribution in [3.05, 3.63) is 64.3 Å². The molecule has 0 spiro atoms. The number of nitrogens with zero attached hydrogens (tertiary/aromatic N) is 2. The highest BCUT2D eigenvalue weighted by molar-refractivity contribution is 7.89. The van der Waals surface area contributed by atoms with Gasteiger partial charge in [0.25, 0.3) is 0 Å². The Hall–Kier alpha value is -2.26. The van der Waals surface area contributed by atoms with E-state index in [4.69, 9.17) is 11.6 Å². The van der Waals surface area contributed by atoms with E-state index in [0.717, 1.165) is 9.87 Å². The normalized spacial score (nSPS) is 12.9. The van der Waals surface area contributed by atoms with Gasteiger partial charge in [-0.3, -0.25) is 0 Å². The van der Waals surface area contributed by atoms with Crippen molar-refractivity contribution in [2.24, 2.45) is 0 Å². The second-order valence-corrected chi connectivity index (χ2v) is 10.1. The second-order valence-electron chi connectivity index (χ2n) is 7.53. The maximum absolute atomic E-state index is 15.0. The van der Waals surface area contributed by atoms with Gasteiger partial charge >= 0.3 is 0 Å². The molecule has 3 rings (SSSR count). The molecular weight excluding hydrogens is 444 g/mol. The lowest BCUT2D eigenvalue weighted by Crippen LogP contribution is -2.49. The van der Waals surface area contributed by atoms with Crippen LogP contribution in [0.1, 0.15) is 11.3 Å². The van der Waals surface area contributed by atoms with Gasteiger partial charge < -0.3 is 10.3 Å². The standard InChI is InChI=1S/C22H24ClF2N3O2S/c1-13-5-6-17(31(29,30)27(3)4)11-18(13)21-14(2)28(12-16(24)7-8-26)22-19(21)9-15(23)10-20(22)25/h5-7,9-11H,8,12,26H2,1-4H3/p+1/b16-7-. The number of rotatable bonds is 6. The number of fused-ring (bicyclic) bond motifs is 1. The molecule has 9 heteroatoms. The molecule has 3 aromatic rings. The van der Waals surface area contributed by atoms with E-state index < -0.39 is 21.7 Å². The van der Waals surface area contributed by atoms with Crippen LogP contribution in [0.3, 0.4) is 0 Å². The highest BCUT2D eigenvalue weighted by Crippen LogP contribution is 2.40. The van der Waals surface area contributed by atoms with Crippen molar-refractivity contribution >= 4 is 32.5 Å².